The van der Waals surface area contributed by atoms with Crippen molar-refractivity contribution in [3.63, 3.8) is 0 Å². The molecule has 6 heteroatoms. The number of pyridine rings is 1. The van der Waals surface area contributed by atoms with Crippen LogP contribution in [0.25, 0.3) is 22.2 Å². The number of hydrogen-bond donors (Lipinski definition) is 0. The van der Waals surface area contributed by atoms with E-state index in [2.05, 4.69) is 31.0 Å². The molecule has 3 aromatic heterocycles. The van der Waals surface area contributed by atoms with Crippen molar-refractivity contribution in [2.24, 2.45) is 5.92 Å². The molecule has 0 unspecified atom stereocenters. The molecule has 3 heterocycles. The third kappa shape index (κ3) is 4.53. The monoisotopic (exact) mass is 411 g/mol. The smallest absolute Gasteiger partial charge is 0.148 e. The minimum atomic E-state index is 0.192. The first-order chi connectivity index (χ1) is 15.2. The van der Waals surface area contributed by atoms with Gasteiger partial charge in [-0.25, -0.2) is 15.0 Å². The molecule has 1 aromatic carbocycles. The normalized spacial score (nSPS) is 18.7. The number of rotatable bonds is 5. The van der Waals surface area contributed by atoms with Crippen LogP contribution >= 0.6 is 0 Å². The van der Waals surface area contributed by atoms with Crippen LogP contribution in [0.4, 0.5) is 0 Å². The second kappa shape index (κ2) is 8.76. The minimum Gasteiger partial charge on any atom is -0.488 e. The summed E-state index contributed by atoms with van der Waals surface area (Å²) in [4.78, 5) is 22.1. The molecule has 31 heavy (non-hydrogen) atoms. The van der Waals surface area contributed by atoms with Crippen molar-refractivity contribution < 1.29 is 4.74 Å². The van der Waals surface area contributed by atoms with E-state index in [9.17, 15) is 0 Å². The van der Waals surface area contributed by atoms with Crippen LogP contribution in [-0.4, -0.2) is 31.0 Å². The lowest BCUT2D eigenvalue weighted by atomic mass is 9.84. The zero-order valence-corrected chi connectivity index (χ0v) is 17.6. The summed E-state index contributed by atoms with van der Waals surface area (Å²) in [6.07, 6.45) is 14.5. The fourth-order valence-electron chi connectivity index (χ4n) is 4.38. The first-order valence-electron chi connectivity index (χ1n) is 10.8. The number of nitrogens with zero attached hydrogens (tertiary/aromatic N) is 5. The van der Waals surface area contributed by atoms with Gasteiger partial charge >= 0.3 is 0 Å². The molecule has 1 aliphatic carbocycles. The highest BCUT2D eigenvalue weighted by atomic mass is 16.5. The highest BCUT2D eigenvalue weighted by Gasteiger charge is 2.24. The van der Waals surface area contributed by atoms with Gasteiger partial charge in [-0.1, -0.05) is 6.07 Å². The van der Waals surface area contributed by atoms with E-state index in [4.69, 9.17) is 4.74 Å². The summed E-state index contributed by atoms with van der Waals surface area (Å²) in [5, 5.41) is 0. The highest BCUT2D eigenvalue weighted by molar-refractivity contribution is 5.86. The van der Waals surface area contributed by atoms with Crippen molar-refractivity contribution in [3.8, 4) is 16.9 Å². The summed E-state index contributed by atoms with van der Waals surface area (Å²) in [5.41, 5.74) is 4.88. The molecular formula is C25H25N5O. The molecular weight excluding hydrogens is 386 g/mol. The third-order valence-corrected chi connectivity index (χ3v) is 5.95. The SMILES string of the molecule is Cc1nccc(CC2CCC(Oc3cc(-c4cccnc4)cc4nccnc34)CC2)n1. The predicted octanol–water partition coefficient (Wildman–Crippen LogP) is 4.97. The lowest BCUT2D eigenvalue weighted by molar-refractivity contribution is 0.132. The first-order valence-corrected chi connectivity index (χ1v) is 10.8. The average molecular weight is 412 g/mol. The molecule has 0 atom stereocenters. The molecule has 1 saturated carbocycles. The maximum atomic E-state index is 6.50. The van der Waals surface area contributed by atoms with Gasteiger partial charge in [0.1, 0.15) is 17.1 Å². The molecule has 0 N–H and O–H groups in total. The molecule has 0 spiro atoms. The lowest BCUT2D eigenvalue weighted by Gasteiger charge is -2.29. The second-order valence-corrected chi connectivity index (χ2v) is 8.20. The van der Waals surface area contributed by atoms with Gasteiger partial charge < -0.3 is 4.74 Å². The van der Waals surface area contributed by atoms with E-state index < -0.39 is 0 Å². The van der Waals surface area contributed by atoms with Gasteiger partial charge in [0.15, 0.2) is 0 Å². The fourth-order valence-corrected chi connectivity index (χ4v) is 4.38. The Kier molecular flexibility index (Phi) is 5.52. The van der Waals surface area contributed by atoms with Crippen LogP contribution in [0.5, 0.6) is 5.75 Å². The molecule has 0 radical (unpaired) electrons. The van der Waals surface area contributed by atoms with Crippen LogP contribution in [0.1, 0.15) is 37.2 Å². The van der Waals surface area contributed by atoms with Gasteiger partial charge in [0, 0.05) is 42.2 Å². The second-order valence-electron chi connectivity index (χ2n) is 8.20. The Balaban J connectivity index is 1.32. The predicted molar refractivity (Wildman–Crippen MR) is 120 cm³/mol. The maximum Gasteiger partial charge on any atom is 0.148 e. The summed E-state index contributed by atoms with van der Waals surface area (Å²) in [5.74, 6) is 2.29. The van der Waals surface area contributed by atoms with Gasteiger partial charge in [-0.15, -0.1) is 0 Å². The molecule has 0 aliphatic heterocycles. The Morgan fingerprint density at radius 2 is 1.77 bits per heavy atom. The van der Waals surface area contributed by atoms with Crippen molar-refractivity contribution in [2.75, 3.05) is 0 Å². The quantitative estimate of drug-likeness (QED) is 0.462. The van der Waals surface area contributed by atoms with E-state index in [-0.39, 0.29) is 6.10 Å². The van der Waals surface area contributed by atoms with Crippen LogP contribution in [0.15, 0.2) is 61.3 Å². The van der Waals surface area contributed by atoms with Crippen LogP contribution in [0.2, 0.25) is 0 Å². The zero-order valence-electron chi connectivity index (χ0n) is 17.6. The van der Waals surface area contributed by atoms with Crippen LogP contribution < -0.4 is 4.74 Å². The Morgan fingerprint density at radius 1 is 0.903 bits per heavy atom. The number of aromatic nitrogens is 5. The van der Waals surface area contributed by atoms with Crippen molar-refractivity contribution >= 4 is 11.0 Å². The number of hydrogen-bond acceptors (Lipinski definition) is 6. The van der Waals surface area contributed by atoms with Crippen molar-refractivity contribution in [3.05, 3.63) is 72.8 Å². The number of benzene rings is 1. The van der Waals surface area contributed by atoms with E-state index in [1.807, 2.05) is 43.6 Å². The van der Waals surface area contributed by atoms with E-state index in [1.54, 1.807) is 18.6 Å². The molecule has 0 bridgehead atoms. The molecule has 1 fully saturated rings. The lowest BCUT2D eigenvalue weighted by Crippen LogP contribution is -2.25. The molecule has 5 rings (SSSR count). The van der Waals surface area contributed by atoms with Gasteiger partial charge in [0.05, 0.1) is 11.6 Å². The molecule has 0 amide bonds. The molecule has 4 aromatic rings. The number of fused-ring (bicyclic) bond motifs is 1. The van der Waals surface area contributed by atoms with Crippen molar-refractivity contribution in [1.29, 1.82) is 0 Å². The topological polar surface area (TPSA) is 73.7 Å². The van der Waals surface area contributed by atoms with Gasteiger partial charge in [-0.2, -0.15) is 0 Å². The highest BCUT2D eigenvalue weighted by Crippen LogP contribution is 2.34. The fraction of sp³-hybridized carbons (Fsp3) is 0.320. The Morgan fingerprint density at radius 3 is 2.58 bits per heavy atom. The zero-order chi connectivity index (χ0) is 21.0. The van der Waals surface area contributed by atoms with Crippen molar-refractivity contribution in [2.45, 2.75) is 45.1 Å². The number of ether oxygens (including phenoxy) is 1. The van der Waals surface area contributed by atoms with E-state index in [1.165, 1.54) is 0 Å². The molecule has 156 valence electrons. The summed E-state index contributed by atoms with van der Waals surface area (Å²) < 4.78 is 6.50. The summed E-state index contributed by atoms with van der Waals surface area (Å²) in [7, 11) is 0. The summed E-state index contributed by atoms with van der Waals surface area (Å²) in [6.45, 7) is 1.95. The van der Waals surface area contributed by atoms with Crippen LogP contribution in [0, 0.1) is 12.8 Å². The van der Waals surface area contributed by atoms with E-state index in [0.717, 1.165) is 71.5 Å². The molecule has 6 nitrogen and oxygen atoms in total. The van der Waals surface area contributed by atoms with E-state index in [0.29, 0.717) is 5.92 Å². The van der Waals surface area contributed by atoms with Gasteiger partial charge in [-0.3, -0.25) is 9.97 Å². The van der Waals surface area contributed by atoms with Crippen LogP contribution in [0.3, 0.4) is 0 Å². The van der Waals surface area contributed by atoms with Gasteiger partial charge in [0.2, 0.25) is 0 Å². The first kappa shape index (κ1) is 19.5. The van der Waals surface area contributed by atoms with E-state index >= 15 is 0 Å². The van der Waals surface area contributed by atoms with Gasteiger partial charge in [-0.05, 0) is 74.8 Å². The standard InChI is InChI=1S/C25H25N5O/c1-17-27-10-8-21(30-17)13-18-4-6-22(7-5-18)31-24-15-20(19-3-2-9-26-16-19)14-23-25(24)29-12-11-28-23/h2-3,8-12,14-16,18,22H,4-7,13H2,1H3. The number of aryl methyl sites for hydroxylation is 1. The Bertz CT molecular complexity index is 1170. The Labute approximate surface area is 181 Å². The minimum absolute atomic E-state index is 0.192. The molecule has 1 aliphatic rings. The van der Waals surface area contributed by atoms with Crippen molar-refractivity contribution in [1.82, 2.24) is 24.9 Å². The van der Waals surface area contributed by atoms with Crippen LogP contribution in [-0.2, 0) is 6.42 Å². The summed E-state index contributed by atoms with van der Waals surface area (Å²) in [6, 6.07) is 10.1. The maximum absolute atomic E-state index is 6.50. The third-order valence-electron chi connectivity index (χ3n) is 5.95. The Hall–Kier alpha value is -3.41. The molecule has 0 saturated heterocycles. The average Bonchev–Trinajstić information content (AvgIpc) is 2.81. The van der Waals surface area contributed by atoms with Gasteiger partial charge in [0.25, 0.3) is 0 Å². The largest absolute Gasteiger partial charge is 0.488 e. The summed E-state index contributed by atoms with van der Waals surface area (Å²) >= 11 is 0.